The SMILES string of the molecule is C[C@@H](O)[C@H]1C(=O)N2C(C(=O)OCc3ccc([N+](=O)[O-])cc3)=C(S[C@H]3C[C@@H](C4CC(=O)N4)N(C(=O)OCc4ccc([N+](=O)[O-])cc4)C3)[C@H](C)[C@H]12. The Kier molecular flexibility index (Phi) is 9.30. The smallest absolute Gasteiger partial charge is 0.410 e. The van der Waals surface area contributed by atoms with Gasteiger partial charge in [0.1, 0.15) is 18.9 Å². The number of fused-ring (bicyclic) bond motifs is 1. The van der Waals surface area contributed by atoms with E-state index >= 15 is 0 Å². The summed E-state index contributed by atoms with van der Waals surface area (Å²) in [7, 11) is 0. The molecule has 0 spiro atoms. The van der Waals surface area contributed by atoms with E-state index in [4.69, 9.17) is 9.47 Å². The number of rotatable bonds is 11. The molecule has 3 saturated heterocycles. The molecule has 0 aliphatic carbocycles. The maximum absolute atomic E-state index is 13.6. The van der Waals surface area contributed by atoms with Gasteiger partial charge in [0.25, 0.3) is 11.4 Å². The number of hydrogen-bond acceptors (Lipinski definition) is 12. The van der Waals surface area contributed by atoms with Crippen molar-refractivity contribution in [3.05, 3.63) is 90.5 Å². The lowest BCUT2D eigenvalue weighted by Gasteiger charge is -2.46. The van der Waals surface area contributed by atoms with E-state index in [9.17, 15) is 44.5 Å². The molecule has 49 heavy (non-hydrogen) atoms. The van der Waals surface area contributed by atoms with Crippen LogP contribution in [0.1, 0.15) is 37.8 Å². The molecule has 2 N–H and O–H groups in total. The van der Waals surface area contributed by atoms with Crippen molar-refractivity contribution in [2.75, 3.05) is 6.54 Å². The Morgan fingerprint density at radius 2 is 1.55 bits per heavy atom. The number of nitrogens with zero attached hydrogens (tertiary/aromatic N) is 4. The highest BCUT2D eigenvalue weighted by molar-refractivity contribution is 8.03. The molecule has 0 radical (unpaired) electrons. The molecule has 258 valence electrons. The summed E-state index contributed by atoms with van der Waals surface area (Å²) < 4.78 is 11.2. The molecular formula is C32H33N5O11S. The monoisotopic (exact) mass is 695 g/mol. The summed E-state index contributed by atoms with van der Waals surface area (Å²) in [4.78, 5) is 76.4. The largest absolute Gasteiger partial charge is 0.456 e. The molecule has 6 rings (SSSR count). The highest BCUT2D eigenvalue weighted by Crippen LogP contribution is 2.52. The lowest BCUT2D eigenvalue weighted by atomic mass is 9.79. The fourth-order valence-electron chi connectivity index (χ4n) is 6.84. The predicted octanol–water partition coefficient (Wildman–Crippen LogP) is 3.02. The maximum Gasteiger partial charge on any atom is 0.410 e. The van der Waals surface area contributed by atoms with Crippen LogP contribution in [0.15, 0.2) is 59.1 Å². The van der Waals surface area contributed by atoms with Crippen molar-refractivity contribution in [1.29, 1.82) is 0 Å². The second-order valence-electron chi connectivity index (χ2n) is 12.5. The molecule has 4 heterocycles. The van der Waals surface area contributed by atoms with Gasteiger partial charge in [0.05, 0.1) is 40.0 Å². The van der Waals surface area contributed by atoms with Gasteiger partial charge in [-0.1, -0.05) is 6.92 Å². The molecule has 7 atom stereocenters. The molecule has 4 aliphatic rings. The van der Waals surface area contributed by atoms with Crippen molar-refractivity contribution in [1.82, 2.24) is 15.1 Å². The van der Waals surface area contributed by atoms with E-state index in [2.05, 4.69) is 5.32 Å². The number of nitrogens with one attached hydrogen (secondary N) is 1. The fraction of sp³-hybridized carbons (Fsp3) is 0.438. The maximum atomic E-state index is 13.6. The van der Waals surface area contributed by atoms with Gasteiger partial charge in [-0.05, 0) is 48.7 Å². The molecule has 2 aromatic carbocycles. The van der Waals surface area contributed by atoms with Crippen molar-refractivity contribution in [3.63, 3.8) is 0 Å². The number of carbonyl (C=O) groups is 4. The number of aliphatic hydroxyl groups is 1. The quantitative estimate of drug-likeness (QED) is 0.150. The summed E-state index contributed by atoms with van der Waals surface area (Å²) in [5.41, 5.74) is 0.934. The summed E-state index contributed by atoms with van der Waals surface area (Å²) >= 11 is 1.35. The number of likely N-dealkylation sites (tertiary alicyclic amines) is 1. The van der Waals surface area contributed by atoms with E-state index < -0.39 is 51.9 Å². The first-order chi connectivity index (χ1) is 23.3. The standard InChI is InChI=1S/C32H33N5O11S/c1-16-27-26(17(2)38)30(40)35(27)28(31(41)47-14-18-3-7-20(8-4-18)36(43)44)29(16)49-22-11-24(23-12-25(39)33-23)34(13-22)32(42)48-15-19-5-9-21(10-6-19)37(45)46/h3-10,16-17,22-24,26-27,38H,11-15H2,1-2H3,(H,33,39)/t16-,17-,22+,23?,24+,26-,27-/m1/s1. The molecule has 16 nitrogen and oxygen atoms in total. The Labute approximate surface area is 283 Å². The normalized spacial score (nSPS) is 26.3. The van der Waals surface area contributed by atoms with Gasteiger partial charge in [0.15, 0.2) is 0 Å². The molecule has 0 aromatic heterocycles. The summed E-state index contributed by atoms with van der Waals surface area (Å²) in [5.74, 6) is -2.35. The highest BCUT2D eigenvalue weighted by Gasteiger charge is 2.60. The average Bonchev–Trinajstić information content (AvgIpc) is 3.57. The van der Waals surface area contributed by atoms with Crippen LogP contribution in [-0.2, 0) is 37.1 Å². The number of non-ortho nitro benzene ring substituents is 2. The van der Waals surface area contributed by atoms with Crippen molar-refractivity contribution in [2.45, 2.75) is 69.4 Å². The fourth-order valence-corrected chi connectivity index (χ4v) is 8.38. The summed E-state index contributed by atoms with van der Waals surface area (Å²) in [6, 6.07) is 10.0. The van der Waals surface area contributed by atoms with Gasteiger partial charge in [-0.15, -0.1) is 11.8 Å². The van der Waals surface area contributed by atoms with E-state index in [0.29, 0.717) is 22.5 Å². The van der Waals surface area contributed by atoms with Gasteiger partial charge in [-0.2, -0.15) is 0 Å². The first-order valence-electron chi connectivity index (χ1n) is 15.6. The molecule has 0 saturated carbocycles. The van der Waals surface area contributed by atoms with E-state index in [0.717, 1.165) is 0 Å². The van der Waals surface area contributed by atoms with Crippen LogP contribution in [0.5, 0.6) is 0 Å². The van der Waals surface area contributed by atoms with Gasteiger partial charge < -0.3 is 29.7 Å². The Morgan fingerprint density at radius 3 is 2.06 bits per heavy atom. The number of benzene rings is 2. The Bertz CT molecular complexity index is 1720. The van der Waals surface area contributed by atoms with Crippen LogP contribution in [-0.4, -0.2) is 84.7 Å². The van der Waals surface area contributed by atoms with Crippen LogP contribution in [0.25, 0.3) is 0 Å². The van der Waals surface area contributed by atoms with Crippen LogP contribution in [0.3, 0.4) is 0 Å². The lowest BCUT2D eigenvalue weighted by molar-refractivity contribution is -0.385. The summed E-state index contributed by atoms with van der Waals surface area (Å²) in [6.45, 7) is 3.29. The molecule has 3 fully saturated rings. The average molecular weight is 696 g/mol. The van der Waals surface area contributed by atoms with Crippen LogP contribution in [0.4, 0.5) is 16.2 Å². The predicted molar refractivity (Wildman–Crippen MR) is 171 cm³/mol. The molecule has 3 amide bonds. The van der Waals surface area contributed by atoms with Crippen LogP contribution in [0, 0.1) is 32.1 Å². The number of amides is 3. The molecule has 1 unspecified atom stereocenters. The van der Waals surface area contributed by atoms with Crippen LogP contribution < -0.4 is 5.32 Å². The minimum absolute atomic E-state index is 0.0685. The Morgan fingerprint density at radius 1 is 1.00 bits per heavy atom. The van der Waals surface area contributed by atoms with Crippen molar-refractivity contribution < 1.29 is 43.6 Å². The van der Waals surface area contributed by atoms with E-state index in [1.54, 1.807) is 4.90 Å². The number of nitro benzene ring substituents is 2. The summed E-state index contributed by atoms with van der Waals surface area (Å²) in [6.07, 6.45) is -0.898. The minimum Gasteiger partial charge on any atom is -0.456 e. The van der Waals surface area contributed by atoms with E-state index in [1.807, 2.05) is 6.92 Å². The first kappa shape index (κ1) is 33.9. The van der Waals surface area contributed by atoms with Gasteiger partial charge in [0.2, 0.25) is 11.8 Å². The minimum atomic E-state index is -0.947. The van der Waals surface area contributed by atoms with Crippen LogP contribution in [0.2, 0.25) is 0 Å². The number of thioether (sulfide) groups is 1. The molecule has 0 bridgehead atoms. The van der Waals surface area contributed by atoms with Gasteiger partial charge in [0, 0.05) is 53.3 Å². The third-order valence-corrected chi connectivity index (χ3v) is 10.9. The molecular weight excluding hydrogens is 662 g/mol. The van der Waals surface area contributed by atoms with Crippen molar-refractivity contribution in [2.24, 2.45) is 11.8 Å². The van der Waals surface area contributed by atoms with E-state index in [-0.39, 0.29) is 66.4 Å². The highest BCUT2D eigenvalue weighted by atomic mass is 32.2. The molecule has 2 aromatic rings. The zero-order valence-electron chi connectivity index (χ0n) is 26.4. The molecule has 4 aliphatic heterocycles. The third-order valence-electron chi connectivity index (χ3n) is 9.38. The van der Waals surface area contributed by atoms with Crippen LogP contribution >= 0.6 is 11.8 Å². The number of carbonyl (C=O) groups excluding carboxylic acids is 4. The Balaban J connectivity index is 1.20. The number of nitro groups is 2. The zero-order chi connectivity index (χ0) is 35.1. The van der Waals surface area contributed by atoms with Crippen molar-refractivity contribution in [3.8, 4) is 0 Å². The van der Waals surface area contributed by atoms with Crippen molar-refractivity contribution >= 4 is 47.0 Å². The van der Waals surface area contributed by atoms with Gasteiger partial charge in [-0.3, -0.25) is 29.8 Å². The topological polar surface area (TPSA) is 212 Å². The zero-order valence-corrected chi connectivity index (χ0v) is 27.2. The number of hydrogen-bond donors (Lipinski definition) is 2. The Hall–Kier alpha value is -5.03. The van der Waals surface area contributed by atoms with Gasteiger partial charge in [-0.25, -0.2) is 9.59 Å². The number of β-lactam (4-membered cyclic amide) rings is 2. The van der Waals surface area contributed by atoms with E-state index in [1.165, 1.54) is 72.1 Å². The van der Waals surface area contributed by atoms with Gasteiger partial charge >= 0.3 is 12.1 Å². The second-order valence-corrected chi connectivity index (χ2v) is 13.9. The lowest BCUT2D eigenvalue weighted by Crippen LogP contribution is -2.63. The summed E-state index contributed by atoms with van der Waals surface area (Å²) in [5, 5.41) is 34.9. The number of aliphatic hydroxyl groups excluding tert-OH is 1. The molecule has 17 heteroatoms. The first-order valence-corrected chi connectivity index (χ1v) is 16.5. The second kappa shape index (κ2) is 13.5. The number of esters is 1. The third kappa shape index (κ3) is 6.55. The number of ether oxygens (including phenoxy) is 2.